The van der Waals surface area contributed by atoms with Gasteiger partial charge >= 0.3 is 0 Å². The molecule has 30 heavy (non-hydrogen) atoms. The summed E-state index contributed by atoms with van der Waals surface area (Å²) in [6, 6.07) is 13.0. The maximum Gasteiger partial charge on any atom is 0.198 e. The van der Waals surface area contributed by atoms with Crippen molar-refractivity contribution in [1.82, 2.24) is 9.88 Å². The van der Waals surface area contributed by atoms with E-state index < -0.39 is 0 Å². The highest BCUT2D eigenvalue weighted by Crippen LogP contribution is 2.48. The molecule has 1 aromatic heterocycles. The quantitative estimate of drug-likeness (QED) is 0.535. The number of aromatic hydroxyl groups is 1. The summed E-state index contributed by atoms with van der Waals surface area (Å²) in [5.74, 6) is -0.276. The number of para-hydroxylation sites is 1. The molecule has 4 nitrogen and oxygen atoms in total. The van der Waals surface area contributed by atoms with E-state index in [0.717, 1.165) is 30.5 Å². The number of H-pyrrole nitrogens is 1. The molecule has 2 N–H and O–H groups in total. The van der Waals surface area contributed by atoms with Crippen LogP contribution in [0.15, 0.2) is 65.9 Å². The monoisotopic (exact) mass is 418 g/mol. The Kier molecular flexibility index (Phi) is 4.30. The van der Waals surface area contributed by atoms with Gasteiger partial charge in [-0.3, -0.25) is 4.79 Å². The molecule has 2 aliphatic rings. The van der Waals surface area contributed by atoms with Gasteiger partial charge in [-0.1, -0.05) is 36.7 Å². The van der Waals surface area contributed by atoms with Crippen molar-refractivity contribution in [3.8, 4) is 5.75 Å². The molecule has 1 unspecified atom stereocenters. The first-order valence-corrected chi connectivity index (χ1v) is 10.6. The summed E-state index contributed by atoms with van der Waals surface area (Å²) in [5.41, 5.74) is 5.35. The van der Waals surface area contributed by atoms with Gasteiger partial charge in [-0.15, -0.1) is 0 Å². The number of halogens is 1. The fourth-order valence-electron chi connectivity index (χ4n) is 5.16. The summed E-state index contributed by atoms with van der Waals surface area (Å²) >= 11 is 6.07. The molecular formula is C25H23ClN2O2. The summed E-state index contributed by atoms with van der Waals surface area (Å²) < 4.78 is 0. The lowest BCUT2D eigenvalue weighted by Crippen LogP contribution is -2.50. The zero-order chi connectivity index (χ0) is 21.0. The van der Waals surface area contributed by atoms with Crippen molar-refractivity contribution < 1.29 is 9.90 Å². The van der Waals surface area contributed by atoms with E-state index in [9.17, 15) is 9.90 Å². The van der Waals surface area contributed by atoms with Crippen molar-refractivity contribution in [2.24, 2.45) is 0 Å². The number of phenolic OH excluding ortho intramolecular Hbond substituents is 1. The standard InChI is InChI=1S/C25H23ClN2O2/c1-3-25-15(2)12-16(23(30)20-13-17(26)8-9-22(20)29)14-28(25)11-10-19-18-6-4-5-7-21(18)27-24(19)25/h4-9,12-14,27,29H,3,10-11H2,1-2H3. The first-order valence-electron chi connectivity index (χ1n) is 10.3. The van der Waals surface area contributed by atoms with Crippen LogP contribution < -0.4 is 0 Å². The highest BCUT2D eigenvalue weighted by Gasteiger charge is 2.45. The summed E-state index contributed by atoms with van der Waals surface area (Å²) in [6.45, 7) is 5.11. The molecule has 0 amide bonds. The van der Waals surface area contributed by atoms with Crippen LogP contribution in [0.5, 0.6) is 5.75 Å². The van der Waals surface area contributed by atoms with E-state index in [0.29, 0.717) is 10.6 Å². The van der Waals surface area contributed by atoms with Gasteiger partial charge in [0.2, 0.25) is 0 Å². The van der Waals surface area contributed by atoms with Crippen molar-refractivity contribution in [3.63, 3.8) is 0 Å². The Morgan fingerprint density at radius 3 is 2.87 bits per heavy atom. The maximum absolute atomic E-state index is 13.2. The number of ketones is 1. The van der Waals surface area contributed by atoms with Gasteiger partial charge in [-0.25, -0.2) is 0 Å². The topological polar surface area (TPSA) is 56.3 Å². The minimum Gasteiger partial charge on any atom is -0.507 e. The molecule has 3 heterocycles. The molecule has 2 aliphatic heterocycles. The third-order valence-corrected chi connectivity index (χ3v) is 6.85. The average Bonchev–Trinajstić information content (AvgIpc) is 3.14. The second-order valence-corrected chi connectivity index (χ2v) is 8.52. The third-order valence-electron chi connectivity index (χ3n) is 6.62. The number of phenols is 1. The molecule has 3 aromatic rings. The first-order chi connectivity index (χ1) is 14.5. The van der Waals surface area contributed by atoms with E-state index in [1.165, 1.54) is 28.8 Å². The predicted octanol–water partition coefficient (Wildman–Crippen LogP) is 5.72. The smallest absolute Gasteiger partial charge is 0.198 e. The van der Waals surface area contributed by atoms with Gasteiger partial charge in [0.25, 0.3) is 0 Å². The SMILES string of the molecule is CCC12C(C)=CC(C(=O)c3cc(Cl)ccc3O)=CN1CCc1c2[nH]c2ccccc12. The zero-order valence-electron chi connectivity index (χ0n) is 17.0. The van der Waals surface area contributed by atoms with Crippen molar-refractivity contribution in [2.45, 2.75) is 32.2 Å². The maximum atomic E-state index is 13.2. The Hall–Kier alpha value is -2.98. The van der Waals surface area contributed by atoms with Gasteiger partial charge in [0.1, 0.15) is 11.3 Å². The third kappa shape index (κ3) is 2.56. The van der Waals surface area contributed by atoms with Gasteiger partial charge in [0, 0.05) is 39.9 Å². The number of carbonyl (C=O) groups is 1. The fraction of sp³-hybridized carbons (Fsp3) is 0.240. The molecule has 0 saturated carbocycles. The Morgan fingerprint density at radius 1 is 1.27 bits per heavy atom. The molecule has 2 aromatic carbocycles. The van der Waals surface area contributed by atoms with Crippen molar-refractivity contribution in [2.75, 3.05) is 6.54 Å². The van der Waals surface area contributed by atoms with Gasteiger partial charge < -0.3 is 15.0 Å². The number of carbonyl (C=O) groups excluding carboxylic acids is 1. The number of hydrogen-bond donors (Lipinski definition) is 2. The van der Waals surface area contributed by atoms with Gasteiger partial charge in [0.15, 0.2) is 5.78 Å². The highest BCUT2D eigenvalue weighted by atomic mass is 35.5. The molecular weight excluding hydrogens is 396 g/mol. The van der Waals surface area contributed by atoms with E-state index in [2.05, 4.69) is 48.0 Å². The first kappa shape index (κ1) is 19.0. The Morgan fingerprint density at radius 2 is 2.07 bits per heavy atom. The molecule has 0 bridgehead atoms. The van der Waals surface area contributed by atoms with Gasteiger partial charge in [0.05, 0.1) is 5.56 Å². The normalized spacial score (nSPS) is 20.4. The lowest BCUT2D eigenvalue weighted by Gasteiger charge is -2.49. The van der Waals surface area contributed by atoms with Gasteiger partial charge in [-0.2, -0.15) is 0 Å². The van der Waals surface area contributed by atoms with E-state index in [1.54, 1.807) is 6.07 Å². The summed E-state index contributed by atoms with van der Waals surface area (Å²) in [4.78, 5) is 19.2. The van der Waals surface area contributed by atoms with Crippen molar-refractivity contribution >= 4 is 28.3 Å². The lowest BCUT2D eigenvalue weighted by molar-refractivity contribution is 0.102. The van der Waals surface area contributed by atoms with Gasteiger partial charge in [-0.05, 0) is 61.2 Å². The molecule has 0 fully saturated rings. The number of fused-ring (bicyclic) bond motifs is 5. The molecule has 5 rings (SSSR count). The van der Waals surface area contributed by atoms with Crippen LogP contribution in [0.2, 0.25) is 5.02 Å². The molecule has 0 spiro atoms. The number of benzene rings is 2. The Labute approximate surface area is 180 Å². The number of rotatable bonds is 3. The molecule has 1 atom stereocenters. The van der Waals surface area contributed by atoms with Crippen molar-refractivity contribution in [3.05, 3.63) is 87.7 Å². The number of nitrogens with zero attached hydrogens (tertiary/aromatic N) is 1. The Balaban J connectivity index is 1.63. The summed E-state index contributed by atoms with van der Waals surface area (Å²) in [5, 5.41) is 11.9. The zero-order valence-corrected chi connectivity index (χ0v) is 17.8. The van der Waals surface area contributed by atoms with Crippen LogP contribution in [0.1, 0.15) is 41.9 Å². The number of aromatic amines is 1. The molecule has 5 heteroatoms. The number of aromatic nitrogens is 1. The van der Waals surface area contributed by atoms with Crippen LogP contribution in [-0.4, -0.2) is 27.3 Å². The van der Waals surface area contributed by atoms with Crippen LogP contribution in [0, 0.1) is 0 Å². The van der Waals surface area contributed by atoms with Crippen LogP contribution in [0.3, 0.4) is 0 Å². The minimum atomic E-state index is -0.299. The number of allylic oxidation sites excluding steroid dienone is 2. The van der Waals surface area contributed by atoms with Crippen LogP contribution in [0.4, 0.5) is 0 Å². The molecule has 0 radical (unpaired) electrons. The van der Waals surface area contributed by atoms with Crippen LogP contribution >= 0.6 is 11.6 Å². The highest BCUT2D eigenvalue weighted by molar-refractivity contribution is 6.31. The van der Waals surface area contributed by atoms with E-state index >= 15 is 0 Å². The molecule has 152 valence electrons. The summed E-state index contributed by atoms with van der Waals surface area (Å²) in [6.07, 6.45) is 5.71. The van der Waals surface area contributed by atoms with Crippen LogP contribution in [-0.2, 0) is 12.0 Å². The van der Waals surface area contributed by atoms with E-state index in [1.807, 2.05) is 12.3 Å². The number of Topliss-reactive ketones (excluding diaryl/α,β-unsaturated/α-hetero) is 1. The Bertz CT molecular complexity index is 1250. The number of nitrogens with one attached hydrogen (secondary N) is 1. The van der Waals surface area contributed by atoms with Crippen LogP contribution in [0.25, 0.3) is 10.9 Å². The number of hydrogen-bond acceptors (Lipinski definition) is 3. The fourth-order valence-corrected chi connectivity index (χ4v) is 5.34. The predicted molar refractivity (Wildman–Crippen MR) is 120 cm³/mol. The minimum absolute atomic E-state index is 0.0553. The second-order valence-electron chi connectivity index (χ2n) is 8.08. The molecule has 0 saturated heterocycles. The largest absolute Gasteiger partial charge is 0.507 e. The average molecular weight is 419 g/mol. The van der Waals surface area contributed by atoms with E-state index in [-0.39, 0.29) is 22.6 Å². The van der Waals surface area contributed by atoms with E-state index in [4.69, 9.17) is 11.6 Å². The lowest BCUT2D eigenvalue weighted by atomic mass is 9.75. The summed E-state index contributed by atoms with van der Waals surface area (Å²) in [7, 11) is 0. The second kappa shape index (κ2) is 6.78. The molecule has 0 aliphatic carbocycles. The van der Waals surface area contributed by atoms with Crippen molar-refractivity contribution in [1.29, 1.82) is 0 Å².